The van der Waals surface area contributed by atoms with E-state index in [1.165, 1.54) is 24.0 Å². The van der Waals surface area contributed by atoms with Gasteiger partial charge in [-0.3, -0.25) is 0 Å². The molecule has 0 amide bonds. The molecule has 0 atom stereocenters. The first-order valence-electron chi connectivity index (χ1n) is 4.37. The summed E-state index contributed by atoms with van der Waals surface area (Å²) in [6.45, 7) is 0. The average molecular weight is 156 g/mol. The molecule has 1 aliphatic carbocycles. The molecule has 0 bridgehead atoms. The second-order valence-corrected chi connectivity index (χ2v) is 3.04. The van der Waals surface area contributed by atoms with Gasteiger partial charge in [0.1, 0.15) is 0 Å². The predicted molar refractivity (Wildman–Crippen MR) is 51.5 cm³/mol. The summed E-state index contributed by atoms with van der Waals surface area (Å²) >= 11 is 0. The summed E-state index contributed by atoms with van der Waals surface area (Å²) in [5.41, 5.74) is 2.98. The summed E-state index contributed by atoms with van der Waals surface area (Å²) in [7, 11) is 0. The summed E-state index contributed by atoms with van der Waals surface area (Å²) in [5, 5.41) is 0. The van der Waals surface area contributed by atoms with Crippen LogP contribution in [0.1, 0.15) is 11.1 Å². The third-order valence-electron chi connectivity index (χ3n) is 2.23. The molecule has 0 saturated carbocycles. The lowest BCUT2D eigenvalue weighted by atomic mass is 9.90. The third kappa shape index (κ3) is 1.48. The summed E-state index contributed by atoms with van der Waals surface area (Å²) < 4.78 is 0. The van der Waals surface area contributed by atoms with Crippen LogP contribution >= 0.6 is 0 Å². The molecule has 0 aliphatic heterocycles. The van der Waals surface area contributed by atoms with Crippen LogP contribution in [-0.2, 0) is 12.8 Å². The third-order valence-corrected chi connectivity index (χ3v) is 2.23. The van der Waals surface area contributed by atoms with Crippen LogP contribution in [0.25, 0.3) is 0 Å². The van der Waals surface area contributed by atoms with E-state index in [1.54, 1.807) is 0 Å². The molecule has 0 aromatic heterocycles. The fourth-order valence-electron chi connectivity index (χ4n) is 1.39. The van der Waals surface area contributed by atoms with Gasteiger partial charge in [0.2, 0.25) is 0 Å². The van der Waals surface area contributed by atoms with Gasteiger partial charge >= 0.3 is 0 Å². The first kappa shape index (κ1) is 7.35. The Morgan fingerprint density at radius 3 is 1.42 bits per heavy atom. The standard InChI is InChI=1S/C12H12/c1-2-4-6-8-12-10-9-11(12)7-5-3-1/h1-8H,9-10H2. The monoisotopic (exact) mass is 156 g/mol. The number of rotatable bonds is 0. The summed E-state index contributed by atoms with van der Waals surface area (Å²) in [6.07, 6.45) is 2.49. The molecule has 1 aromatic rings. The maximum Gasteiger partial charge on any atom is -0.0235 e. The molecule has 2 rings (SSSR count). The Bertz CT molecular complexity index is 291. The van der Waals surface area contributed by atoms with Gasteiger partial charge in [-0.2, -0.15) is 0 Å². The van der Waals surface area contributed by atoms with Gasteiger partial charge in [0.05, 0.1) is 0 Å². The van der Waals surface area contributed by atoms with Crippen molar-refractivity contribution in [2.75, 3.05) is 0 Å². The largest absolute Gasteiger partial charge is 0.0623 e. The fraction of sp³-hybridized carbons (Fsp3) is 0.167. The van der Waals surface area contributed by atoms with Crippen molar-refractivity contribution in [2.45, 2.75) is 12.8 Å². The minimum Gasteiger partial charge on any atom is -0.0623 e. The highest BCUT2D eigenvalue weighted by molar-refractivity contribution is 5.32. The molecule has 0 unspecified atom stereocenters. The molecule has 1 aliphatic rings. The summed E-state index contributed by atoms with van der Waals surface area (Å²) in [4.78, 5) is 0. The molecule has 12 heavy (non-hydrogen) atoms. The Hall–Kier alpha value is -1.30. The first-order chi connectivity index (χ1) is 5.97. The van der Waals surface area contributed by atoms with E-state index in [0.29, 0.717) is 0 Å². The second-order valence-electron chi connectivity index (χ2n) is 3.04. The van der Waals surface area contributed by atoms with Crippen LogP contribution in [0.3, 0.4) is 0 Å². The van der Waals surface area contributed by atoms with Crippen molar-refractivity contribution >= 4 is 0 Å². The van der Waals surface area contributed by atoms with Crippen molar-refractivity contribution < 1.29 is 0 Å². The zero-order chi connectivity index (χ0) is 8.23. The van der Waals surface area contributed by atoms with E-state index < -0.39 is 0 Å². The summed E-state index contributed by atoms with van der Waals surface area (Å²) in [6, 6.07) is 16.9. The van der Waals surface area contributed by atoms with Crippen molar-refractivity contribution in [3.63, 3.8) is 0 Å². The second kappa shape index (κ2) is 3.40. The molecule has 0 N–H and O–H groups in total. The van der Waals surface area contributed by atoms with E-state index in [1.807, 2.05) is 12.1 Å². The minimum atomic E-state index is 1.24. The summed E-state index contributed by atoms with van der Waals surface area (Å²) in [5.74, 6) is 0. The lowest BCUT2D eigenvalue weighted by molar-refractivity contribution is 0.843. The molecule has 0 radical (unpaired) electrons. The van der Waals surface area contributed by atoms with Crippen molar-refractivity contribution in [3.8, 4) is 0 Å². The number of hydrogen-bond acceptors (Lipinski definition) is 0. The van der Waals surface area contributed by atoms with Gasteiger partial charge in [-0.25, -0.2) is 0 Å². The lowest BCUT2D eigenvalue weighted by Crippen LogP contribution is -2.05. The quantitative estimate of drug-likeness (QED) is 0.541. The van der Waals surface area contributed by atoms with Crippen molar-refractivity contribution in [1.29, 1.82) is 0 Å². The predicted octanol–water partition coefficient (Wildman–Crippen LogP) is 2.91. The van der Waals surface area contributed by atoms with Gasteiger partial charge in [0.15, 0.2) is 0 Å². The Morgan fingerprint density at radius 2 is 1.00 bits per heavy atom. The number of aryl methyl sites for hydroxylation is 2. The Labute approximate surface area is 73.2 Å². The van der Waals surface area contributed by atoms with Crippen LogP contribution in [-0.4, -0.2) is 0 Å². The van der Waals surface area contributed by atoms with Gasteiger partial charge in [-0.1, -0.05) is 48.5 Å². The van der Waals surface area contributed by atoms with Crippen molar-refractivity contribution in [2.24, 2.45) is 0 Å². The van der Waals surface area contributed by atoms with Gasteiger partial charge < -0.3 is 0 Å². The highest BCUT2D eigenvalue weighted by Crippen LogP contribution is 2.19. The average Bonchev–Trinajstić information content (AvgIpc) is 2.05. The smallest absolute Gasteiger partial charge is 0.0235 e. The molecule has 0 saturated heterocycles. The molecular weight excluding hydrogens is 144 g/mol. The van der Waals surface area contributed by atoms with E-state index in [4.69, 9.17) is 0 Å². The molecule has 0 heterocycles. The molecule has 0 heteroatoms. The Balaban J connectivity index is 2.51. The van der Waals surface area contributed by atoms with Crippen LogP contribution in [0.15, 0.2) is 48.5 Å². The van der Waals surface area contributed by atoms with Crippen LogP contribution in [0.2, 0.25) is 0 Å². The maximum absolute atomic E-state index is 2.21. The van der Waals surface area contributed by atoms with Crippen LogP contribution < -0.4 is 0 Å². The number of hydrogen-bond donors (Lipinski definition) is 0. The van der Waals surface area contributed by atoms with Gasteiger partial charge in [-0.15, -0.1) is 0 Å². The van der Waals surface area contributed by atoms with Gasteiger partial charge in [0.25, 0.3) is 0 Å². The van der Waals surface area contributed by atoms with Crippen molar-refractivity contribution in [3.05, 3.63) is 59.7 Å². The lowest BCUT2D eigenvalue weighted by Gasteiger charge is -2.15. The zero-order valence-corrected chi connectivity index (χ0v) is 7.03. The maximum atomic E-state index is 2.21. The highest BCUT2D eigenvalue weighted by Gasteiger charge is 2.07. The molecule has 1 aromatic carbocycles. The van der Waals surface area contributed by atoms with Crippen LogP contribution in [0.4, 0.5) is 0 Å². The van der Waals surface area contributed by atoms with E-state index in [9.17, 15) is 0 Å². The van der Waals surface area contributed by atoms with Crippen LogP contribution in [0.5, 0.6) is 0 Å². The first-order valence-corrected chi connectivity index (χ1v) is 4.37. The molecule has 0 fully saturated rings. The Kier molecular flexibility index (Phi) is 2.08. The molecule has 0 spiro atoms. The fourth-order valence-corrected chi connectivity index (χ4v) is 1.39. The molecular formula is C12H12. The van der Waals surface area contributed by atoms with Crippen molar-refractivity contribution in [1.82, 2.24) is 0 Å². The van der Waals surface area contributed by atoms with Gasteiger partial charge in [-0.05, 0) is 24.0 Å². The number of fused-ring (bicyclic) bond motifs is 1. The van der Waals surface area contributed by atoms with E-state index in [0.717, 1.165) is 0 Å². The highest BCUT2D eigenvalue weighted by atomic mass is 14.1. The molecule has 60 valence electrons. The van der Waals surface area contributed by atoms with E-state index >= 15 is 0 Å². The normalized spacial score (nSPS) is 12.3. The SMILES string of the molecule is c1ccccc2c(ccc1)CC2. The van der Waals surface area contributed by atoms with E-state index in [-0.39, 0.29) is 0 Å². The topological polar surface area (TPSA) is 0 Å². The Morgan fingerprint density at radius 1 is 0.583 bits per heavy atom. The van der Waals surface area contributed by atoms with E-state index in [2.05, 4.69) is 36.4 Å². The zero-order valence-electron chi connectivity index (χ0n) is 7.03. The van der Waals surface area contributed by atoms with Crippen LogP contribution in [0, 0.1) is 0 Å². The minimum absolute atomic E-state index is 1.24. The molecule has 0 nitrogen and oxygen atoms in total. The van der Waals surface area contributed by atoms with Gasteiger partial charge in [0, 0.05) is 0 Å².